The molecule has 0 spiro atoms. The van der Waals surface area contributed by atoms with Gasteiger partial charge in [0.25, 0.3) is 0 Å². The zero-order valence-corrected chi connectivity index (χ0v) is 11.5. The lowest BCUT2D eigenvalue weighted by Gasteiger charge is -2.10. The Bertz CT molecular complexity index is 330. The Morgan fingerprint density at radius 2 is 1.72 bits per heavy atom. The maximum absolute atomic E-state index is 8.64. The van der Waals surface area contributed by atoms with E-state index in [0.29, 0.717) is 11.7 Å². The zero-order valence-electron chi connectivity index (χ0n) is 10.7. The highest BCUT2D eigenvalue weighted by molar-refractivity contribution is 7.80. The summed E-state index contributed by atoms with van der Waals surface area (Å²) < 4.78 is 0. The second-order valence-corrected chi connectivity index (χ2v) is 4.64. The number of thiocarbonyl (C=S) groups is 1. The van der Waals surface area contributed by atoms with Crippen LogP contribution in [0.2, 0.25) is 0 Å². The predicted molar refractivity (Wildman–Crippen MR) is 79.4 cm³/mol. The highest BCUT2D eigenvalue weighted by Gasteiger charge is 1.95. The Kier molecular flexibility index (Phi) is 8.17. The van der Waals surface area contributed by atoms with Crippen LogP contribution in [0.3, 0.4) is 0 Å². The number of hydrogen-bond acceptors (Lipinski definition) is 2. The summed E-state index contributed by atoms with van der Waals surface area (Å²) in [5.41, 5.74) is 1.23. The van der Waals surface area contributed by atoms with Crippen LogP contribution in [0.5, 0.6) is 0 Å². The van der Waals surface area contributed by atoms with E-state index in [-0.39, 0.29) is 0 Å². The van der Waals surface area contributed by atoms with E-state index in [9.17, 15) is 0 Å². The van der Waals surface area contributed by atoms with E-state index < -0.39 is 0 Å². The van der Waals surface area contributed by atoms with Crippen molar-refractivity contribution in [2.45, 2.75) is 32.2 Å². The van der Waals surface area contributed by atoms with Crippen LogP contribution in [-0.2, 0) is 6.54 Å². The average molecular weight is 266 g/mol. The summed E-state index contributed by atoms with van der Waals surface area (Å²) >= 11 is 5.19. The molecule has 0 atom stereocenters. The molecule has 0 aromatic heterocycles. The number of benzene rings is 1. The molecule has 100 valence electrons. The summed E-state index contributed by atoms with van der Waals surface area (Å²) in [7, 11) is 0. The molecule has 1 aromatic rings. The number of hydrogen-bond donors (Lipinski definition) is 3. The van der Waals surface area contributed by atoms with Crippen LogP contribution in [0.1, 0.15) is 31.2 Å². The zero-order chi connectivity index (χ0) is 13.1. The molecule has 0 amide bonds. The van der Waals surface area contributed by atoms with E-state index in [0.717, 1.165) is 38.8 Å². The topological polar surface area (TPSA) is 44.3 Å². The summed E-state index contributed by atoms with van der Waals surface area (Å²) in [6.07, 6.45) is 4.21. The van der Waals surface area contributed by atoms with E-state index in [1.165, 1.54) is 5.56 Å². The number of nitrogens with one attached hydrogen (secondary N) is 2. The van der Waals surface area contributed by atoms with E-state index in [2.05, 4.69) is 22.8 Å². The Morgan fingerprint density at radius 3 is 2.44 bits per heavy atom. The van der Waals surface area contributed by atoms with Gasteiger partial charge in [0.2, 0.25) is 0 Å². The van der Waals surface area contributed by atoms with Gasteiger partial charge in [-0.1, -0.05) is 43.2 Å². The molecule has 18 heavy (non-hydrogen) atoms. The SMILES string of the molecule is OCCCCCCNC(=S)NCc1ccccc1. The second-order valence-electron chi connectivity index (χ2n) is 4.23. The molecular formula is C14H22N2OS. The lowest BCUT2D eigenvalue weighted by Crippen LogP contribution is -2.35. The molecule has 0 unspecified atom stereocenters. The third-order valence-corrected chi connectivity index (χ3v) is 2.96. The van der Waals surface area contributed by atoms with Gasteiger partial charge in [-0.05, 0) is 30.6 Å². The van der Waals surface area contributed by atoms with Gasteiger partial charge in [-0.2, -0.15) is 0 Å². The molecule has 3 nitrogen and oxygen atoms in total. The third kappa shape index (κ3) is 7.25. The minimum absolute atomic E-state index is 0.296. The molecule has 0 fully saturated rings. The standard InChI is InChI=1S/C14H22N2OS/c17-11-7-2-1-6-10-15-14(18)16-12-13-8-4-3-5-9-13/h3-5,8-9,17H,1-2,6-7,10-12H2,(H2,15,16,18). The van der Waals surface area contributed by atoms with Crippen molar-refractivity contribution in [2.24, 2.45) is 0 Å². The van der Waals surface area contributed by atoms with Crippen LogP contribution >= 0.6 is 12.2 Å². The second kappa shape index (κ2) is 9.85. The van der Waals surface area contributed by atoms with Gasteiger partial charge in [-0.3, -0.25) is 0 Å². The van der Waals surface area contributed by atoms with Crippen LogP contribution < -0.4 is 10.6 Å². The van der Waals surface area contributed by atoms with Gasteiger partial charge in [0, 0.05) is 19.7 Å². The normalized spacial score (nSPS) is 10.1. The Labute approximate surface area is 115 Å². The number of unbranched alkanes of at least 4 members (excludes halogenated alkanes) is 3. The number of aliphatic hydroxyl groups excluding tert-OH is 1. The maximum Gasteiger partial charge on any atom is 0.166 e. The van der Waals surface area contributed by atoms with Gasteiger partial charge in [-0.25, -0.2) is 0 Å². The van der Waals surface area contributed by atoms with E-state index >= 15 is 0 Å². The highest BCUT2D eigenvalue weighted by atomic mass is 32.1. The number of rotatable bonds is 8. The molecule has 4 heteroatoms. The Hall–Kier alpha value is -1.13. The minimum Gasteiger partial charge on any atom is -0.396 e. The fourth-order valence-electron chi connectivity index (χ4n) is 1.63. The molecule has 0 aliphatic rings. The van der Waals surface area contributed by atoms with Crippen molar-refractivity contribution < 1.29 is 5.11 Å². The lowest BCUT2D eigenvalue weighted by atomic mass is 10.2. The summed E-state index contributed by atoms with van der Waals surface area (Å²) in [6, 6.07) is 10.2. The van der Waals surface area contributed by atoms with Gasteiger partial charge < -0.3 is 15.7 Å². The van der Waals surface area contributed by atoms with Gasteiger partial charge in [0.05, 0.1) is 0 Å². The van der Waals surface area contributed by atoms with Crippen LogP contribution in [0.25, 0.3) is 0 Å². The van der Waals surface area contributed by atoms with E-state index in [1.54, 1.807) is 0 Å². The van der Waals surface area contributed by atoms with Gasteiger partial charge in [0.1, 0.15) is 0 Å². The summed E-state index contributed by atoms with van der Waals surface area (Å²) in [4.78, 5) is 0. The average Bonchev–Trinajstić information content (AvgIpc) is 2.41. The van der Waals surface area contributed by atoms with Crippen molar-refractivity contribution in [3.8, 4) is 0 Å². The molecular weight excluding hydrogens is 244 g/mol. The maximum atomic E-state index is 8.64. The molecule has 0 saturated carbocycles. The molecule has 1 aromatic carbocycles. The van der Waals surface area contributed by atoms with Crippen molar-refractivity contribution in [1.29, 1.82) is 0 Å². The summed E-state index contributed by atoms with van der Waals surface area (Å²) in [5.74, 6) is 0. The van der Waals surface area contributed by atoms with Crippen molar-refractivity contribution in [1.82, 2.24) is 10.6 Å². The van der Waals surface area contributed by atoms with Crippen molar-refractivity contribution in [3.63, 3.8) is 0 Å². The summed E-state index contributed by atoms with van der Waals surface area (Å²) in [5, 5.41) is 15.7. The fraction of sp³-hybridized carbons (Fsp3) is 0.500. The summed E-state index contributed by atoms with van der Waals surface area (Å²) in [6.45, 7) is 1.95. The first-order chi connectivity index (χ1) is 8.83. The largest absolute Gasteiger partial charge is 0.396 e. The van der Waals surface area contributed by atoms with Crippen molar-refractivity contribution in [3.05, 3.63) is 35.9 Å². The third-order valence-electron chi connectivity index (χ3n) is 2.67. The van der Waals surface area contributed by atoms with Gasteiger partial charge >= 0.3 is 0 Å². The highest BCUT2D eigenvalue weighted by Crippen LogP contribution is 1.98. The van der Waals surface area contributed by atoms with Gasteiger partial charge in [-0.15, -0.1) is 0 Å². The Balaban J connectivity index is 2.01. The van der Waals surface area contributed by atoms with Crippen LogP contribution in [0.15, 0.2) is 30.3 Å². The van der Waals surface area contributed by atoms with E-state index in [1.807, 2.05) is 18.2 Å². The quantitative estimate of drug-likeness (QED) is 0.498. The first kappa shape index (κ1) is 14.9. The smallest absolute Gasteiger partial charge is 0.166 e. The fourth-order valence-corrected chi connectivity index (χ4v) is 1.81. The first-order valence-corrected chi connectivity index (χ1v) is 6.90. The first-order valence-electron chi connectivity index (χ1n) is 6.49. The van der Waals surface area contributed by atoms with Crippen LogP contribution in [0, 0.1) is 0 Å². The van der Waals surface area contributed by atoms with E-state index in [4.69, 9.17) is 17.3 Å². The Morgan fingerprint density at radius 1 is 1.00 bits per heavy atom. The monoisotopic (exact) mass is 266 g/mol. The van der Waals surface area contributed by atoms with Crippen LogP contribution in [-0.4, -0.2) is 23.4 Å². The molecule has 0 bridgehead atoms. The molecule has 0 heterocycles. The molecule has 0 aliphatic carbocycles. The van der Waals surface area contributed by atoms with Crippen molar-refractivity contribution >= 4 is 17.3 Å². The van der Waals surface area contributed by atoms with Gasteiger partial charge in [0.15, 0.2) is 5.11 Å². The van der Waals surface area contributed by atoms with Crippen LogP contribution in [0.4, 0.5) is 0 Å². The molecule has 0 aliphatic heterocycles. The molecule has 0 radical (unpaired) electrons. The number of aliphatic hydroxyl groups is 1. The van der Waals surface area contributed by atoms with Crippen molar-refractivity contribution in [2.75, 3.05) is 13.2 Å². The minimum atomic E-state index is 0.296. The molecule has 3 N–H and O–H groups in total. The molecule has 1 rings (SSSR count). The predicted octanol–water partition coefficient (Wildman–Crippen LogP) is 2.20. The molecule has 0 saturated heterocycles. The lowest BCUT2D eigenvalue weighted by molar-refractivity contribution is 0.282.